The van der Waals surface area contributed by atoms with E-state index in [1.165, 1.54) is 19.3 Å². The van der Waals surface area contributed by atoms with Gasteiger partial charge < -0.3 is 30.4 Å². The molecule has 12 heteroatoms. The number of fused-ring (bicyclic) bond motifs is 1. The van der Waals surface area contributed by atoms with Crippen molar-refractivity contribution in [1.29, 1.82) is 0 Å². The maximum atomic E-state index is 11.4. The number of anilines is 2. The van der Waals surface area contributed by atoms with Crippen LogP contribution in [0.1, 0.15) is 76.2 Å². The van der Waals surface area contributed by atoms with Crippen LogP contribution in [0.25, 0.3) is 11.2 Å². The second-order valence-corrected chi connectivity index (χ2v) is 12.8. The molecule has 0 spiro atoms. The van der Waals surface area contributed by atoms with E-state index >= 15 is 0 Å². The molecular formula is C31H41ClN8O3. The lowest BCUT2D eigenvalue weighted by Crippen LogP contribution is -2.41. The highest BCUT2D eigenvalue weighted by Gasteiger charge is 2.34. The zero-order valence-corrected chi connectivity index (χ0v) is 25.6. The summed E-state index contributed by atoms with van der Waals surface area (Å²) in [5.74, 6) is 2.94. The number of amides is 1. The second-order valence-electron chi connectivity index (χ2n) is 12.4. The number of nitrogens with one attached hydrogen (secondary N) is 1. The molecule has 0 bridgehead atoms. The van der Waals surface area contributed by atoms with Crippen molar-refractivity contribution in [2.45, 2.75) is 77.4 Å². The van der Waals surface area contributed by atoms with E-state index in [9.17, 15) is 9.90 Å². The zero-order chi connectivity index (χ0) is 30.1. The molecule has 4 N–H and O–H groups in total. The highest BCUT2D eigenvalue weighted by molar-refractivity contribution is 6.31. The van der Waals surface area contributed by atoms with Gasteiger partial charge in [-0.25, -0.2) is 14.8 Å². The Kier molecular flexibility index (Phi) is 8.72. The van der Waals surface area contributed by atoms with Crippen LogP contribution in [0.2, 0.25) is 5.02 Å². The van der Waals surface area contributed by atoms with Gasteiger partial charge in [0.1, 0.15) is 5.52 Å². The molecule has 2 aromatic heterocycles. The lowest BCUT2D eigenvalue weighted by atomic mass is 9.80. The van der Waals surface area contributed by atoms with Gasteiger partial charge in [0.2, 0.25) is 5.95 Å². The fraction of sp³-hybridized carbons (Fsp3) is 0.581. The van der Waals surface area contributed by atoms with Gasteiger partial charge in [0.05, 0.1) is 19.3 Å². The Morgan fingerprint density at radius 1 is 1.19 bits per heavy atom. The molecule has 6 rings (SSSR count). The standard InChI is InChI=1S/C31H41ClN8O3/c1-18-10-12-20(13-11-18)16-40-25-27(34-19(2)21-6-5-7-21)36-29(26(33)35-31(41)42)37-28(25)38-30(40)39-14-15-43-17-24(39)22-8-3-4-9-23(22)32/h3-4,8-9,18-21,24H,5-7,10-17H2,1-2H3,(H2,33,35)(H,41,42)(H,34,36,37). The van der Waals surface area contributed by atoms with Gasteiger partial charge in [-0.1, -0.05) is 56.0 Å². The number of ether oxygens (including phenoxy) is 1. The SMILES string of the molecule is CC1CCC(Cn2c(N3CCOCC3c3ccccc3Cl)nc3nc(C(N)=NC(=O)O)nc(NC(C)C4CCC4)c32)CC1. The summed E-state index contributed by atoms with van der Waals surface area (Å²) >= 11 is 6.71. The molecule has 3 fully saturated rings. The van der Waals surface area contributed by atoms with Gasteiger partial charge in [-0.2, -0.15) is 9.98 Å². The lowest BCUT2D eigenvalue weighted by Gasteiger charge is -2.38. The van der Waals surface area contributed by atoms with Crippen molar-refractivity contribution < 1.29 is 14.6 Å². The van der Waals surface area contributed by atoms with Gasteiger partial charge in [0.25, 0.3) is 0 Å². The fourth-order valence-electron chi connectivity index (χ4n) is 6.67. The number of imidazole rings is 1. The van der Waals surface area contributed by atoms with E-state index < -0.39 is 6.09 Å². The smallest absolute Gasteiger partial charge is 0.433 e. The first kappa shape index (κ1) is 29.6. The van der Waals surface area contributed by atoms with E-state index in [4.69, 9.17) is 32.0 Å². The molecular weight excluding hydrogens is 568 g/mol. The van der Waals surface area contributed by atoms with Crippen LogP contribution in [0.5, 0.6) is 0 Å². The van der Waals surface area contributed by atoms with Crippen molar-refractivity contribution in [3.05, 3.63) is 40.7 Å². The molecule has 3 aliphatic rings. The third kappa shape index (κ3) is 6.28. The number of aliphatic imine (C=N–C) groups is 1. The van der Waals surface area contributed by atoms with Crippen LogP contribution in [0.3, 0.4) is 0 Å². The summed E-state index contributed by atoms with van der Waals surface area (Å²) in [4.78, 5) is 31.7. The molecule has 230 valence electrons. The zero-order valence-electron chi connectivity index (χ0n) is 24.9. The van der Waals surface area contributed by atoms with Crippen LogP contribution in [0.15, 0.2) is 29.3 Å². The average Bonchev–Trinajstić information content (AvgIpc) is 3.31. The van der Waals surface area contributed by atoms with Crippen molar-refractivity contribution in [2.75, 3.05) is 30.0 Å². The molecule has 1 saturated heterocycles. The van der Waals surface area contributed by atoms with E-state index in [-0.39, 0.29) is 23.7 Å². The fourth-order valence-corrected chi connectivity index (χ4v) is 6.94. The summed E-state index contributed by atoms with van der Waals surface area (Å²) < 4.78 is 8.24. The largest absolute Gasteiger partial charge is 0.463 e. The Morgan fingerprint density at radius 2 is 1.95 bits per heavy atom. The van der Waals surface area contributed by atoms with Crippen molar-refractivity contribution in [3.63, 3.8) is 0 Å². The average molecular weight is 609 g/mol. The quantitative estimate of drug-likeness (QED) is 0.211. The highest BCUT2D eigenvalue weighted by Crippen LogP contribution is 2.39. The Labute approximate surface area is 256 Å². The van der Waals surface area contributed by atoms with E-state index in [2.05, 4.69) is 38.6 Å². The summed E-state index contributed by atoms with van der Waals surface area (Å²) in [5, 5.41) is 13.6. The van der Waals surface area contributed by atoms with Crippen LogP contribution in [-0.4, -0.2) is 62.4 Å². The molecule has 3 heterocycles. The Morgan fingerprint density at radius 3 is 2.65 bits per heavy atom. The predicted molar refractivity (Wildman–Crippen MR) is 168 cm³/mol. The summed E-state index contributed by atoms with van der Waals surface area (Å²) in [5.41, 5.74) is 8.33. The minimum absolute atomic E-state index is 0.0468. The minimum Gasteiger partial charge on any atom is -0.463 e. The number of aromatic nitrogens is 4. The molecule has 2 atom stereocenters. The Bertz CT molecular complexity index is 1500. The first-order valence-corrected chi connectivity index (χ1v) is 15.9. The molecule has 1 aromatic carbocycles. The summed E-state index contributed by atoms with van der Waals surface area (Å²) in [6.07, 6.45) is 6.87. The number of benzene rings is 1. The molecule has 1 aliphatic heterocycles. The highest BCUT2D eigenvalue weighted by atomic mass is 35.5. The number of hydrogen-bond acceptors (Lipinski definition) is 7. The van der Waals surface area contributed by atoms with Gasteiger partial charge in [0.15, 0.2) is 23.1 Å². The third-order valence-electron chi connectivity index (χ3n) is 9.48. The lowest BCUT2D eigenvalue weighted by molar-refractivity contribution is 0.0927. The number of amidine groups is 1. The second kappa shape index (κ2) is 12.7. The van der Waals surface area contributed by atoms with Gasteiger partial charge in [-0.3, -0.25) is 0 Å². The van der Waals surface area contributed by atoms with Crippen LogP contribution in [-0.2, 0) is 11.3 Å². The van der Waals surface area contributed by atoms with Crippen LogP contribution in [0.4, 0.5) is 16.6 Å². The first-order valence-electron chi connectivity index (χ1n) is 15.5. The normalized spacial score (nSPS) is 24.1. The van der Waals surface area contributed by atoms with E-state index in [1.54, 1.807) is 0 Å². The summed E-state index contributed by atoms with van der Waals surface area (Å²) in [7, 11) is 0. The molecule has 11 nitrogen and oxygen atoms in total. The van der Waals surface area contributed by atoms with Gasteiger partial charge >= 0.3 is 6.09 Å². The Hall–Kier alpha value is -3.44. The summed E-state index contributed by atoms with van der Waals surface area (Å²) in [6.45, 7) is 6.95. The van der Waals surface area contributed by atoms with Gasteiger partial charge in [0, 0.05) is 24.2 Å². The van der Waals surface area contributed by atoms with Crippen molar-refractivity contribution >= 4 is 46.5 Å². The topological polar surface area (TPSA) is 144 Å². The third-order valence-corrected chi connectivity index (χ3v) is 9.82. The van der Waals surface area contributed by atoms with Crippen LogP contribution in [0, 0.1) is 17.8 Å². The molecule has 2 aliphatic carbocycles. The number of rotatable bonds is 8. The number of morpholine rings is 1. The first-order chi connectivity index (χ1) is 20.8. The molecule has 0 radical (unpaired) electrons. The molecule has 2 saturated carbocycles. The predicted octanol–water partition coefficient (Wildman–Crippen LogP) is 5.87. The summed E-state index contributed by atoms with van der Waals surface area (Å²) in [6, 6.07) is 7.90. The minimum atomic E-state index is -1.40. The van der Waals surface area contributed by atoms with Crippen LogP contribution >= 0.6 is 11.6 Å². The van der Waals surface area contributed by atoms with Crippen molar-refractivity contribution in [2.24, 2.45) is 28.5 Å². The maximum absolute atomic E-state index is 11.4. The molecule has 43 heavy (non-hydrogen) atoms. The van der Waals surface area contributed by atoms with Crippen LogP contribution < -0.4 is 16.0 Å². The maximum Gasteiger partial charge on any atom is 0.433 e. The number of hydrogen-bond donors (Lipinski definition) is 3. The van der Waals surface area contributed by atoms with E-state index in [1.807, 2.05) is 24.3 Å². The monoisotopic (exact) mass is 608 g/mol. The molecule has 3 aromatic rings. The number of carboxylic acid groups (broad SMARTS) is 1. The molecule has 2 unspecified atom stereocenters. The Balaban J connectivity index is 1.51. The molecule has 1 amide bonds. The van der Waals surface area contributed by atoms with Crippen molar-refractivity contribution in [1.82, 2.24) is 19.5 Å². The number of nitrogens with two attached hydrogens (primary N) is 1. The number of carbonyl (C=O) groups is 1. The van der Waals surface area contributed by atoms with Gasteiger partial charge in [-0.15, -0.1) is 0 Å². The van der Waals surface area contributed by atoms with Crippen molar-refractivity contribution in [3.8, 4) is 0 Å². The number of halogens is 1. The number of nitrogens with zero attached hydrogens (tertiary/aromatic N) is 6. The van der Waals surface area contributed by atoms with E-state index in [0.29, 0.717) is 48.1 Å². The van der Waals surface area contributed by atoms with Gasteiger partial charge in [-0.05, 0) is 62.0 Å². The van der Waals surface area contributed by atoms with E-state index in [0.717, 1.165) is 55.2 Å².